The third-order valence-electron chi connectivity index (χ3n) is 2.34. The highest BCUT2D eigenvalue weighted by atomic mass is 127. The average molecular weight is 363 g/mol. The van der Waals surface area contributed by atoms with E-state index < -0.39 is 11.7 Å². The van der Waals surface area contributed by atoms with Crippen LogP contribution in [0.3, 0.4) is 0 Å². The Balaban J connectivity index is 2.89. The predicted octanol–water partition coefficient (Wildman–Crippen LogP) is 3.44. The number of nitrogens with one attached hydrogen (secondary N) is 1. The molecule has 1 aromatic carbocycles. The van der Waals surface area contributed by atoms with Crippen LogP contribution in [0.25, 0.3) is 0 Å². The quantitative estimate of drug-likeness (QED) is 0.792. The molecule has 0 saturated heterocycles. The maximum atomic E-state index is 11.7. The van der Waals surface area contributed by atoms with E-state index in [9.17, 15) is 9.90 Å². The number of hydrogen-bond donors (Lipinski definition) is 2. The zero-order chi connectivity index (χ0) is 13.9. The van der Waals surface area contributed by atoms with Gasteiger partial charge in [0.25, 0.3) is 0 Å². The lowest BCUT2D eigenvalue weighted by molar-refractivity contribution is 0.0635. The molecule has 0 unspecified atom stereocenters. The van der Waals surface area contributed by atoms with Gasteiger partial charge in [-0.05, 0) is 73.5 Å². The minimum absolute atomic E-state index is 0.0477. The van der Waals surface area contributed by atoms with Crippen molar-refractivity contribution in [1.29, 1.82) is 0 Å². The van der Waals surface area contributed by atoms with E-state index in [1.54, 1.807) is 6.07 Å². The second kappa shape index (κ2) is 5.88. The van der Waals surface area contributed by atoms with Gasteiger partial charge in [0.15, 0.2) is 0 Å². The summed E-state index contributed by atoms with van der Waals surface area (Å²) in [5.41, 5.74) is 1.81. The fraction of sp³-hybridized carbons (Fsp3) is 0.462. The number of aliphatic hydroxyl groups is 1. The van der Waals surface area contributed by atoms with E-state index in [4.69, 9.17) is 4.74 Å². The highest BCUT2D eigenvalue weighted by Crippen LogP contribution is 2.24. The highest BCUT2D eigenvalue weighted by molar-refractivity contribution is 14.1. The number of anilines is 1. The van der Waals surface area contributed by atoms with Crippen LogP contribution in [-0.2, 0) is 11.3 Å². The van der Waals surface area contributed by atoms with Crippen molar-refractivity contribution in [1.82, 2.24) is 0 Å². The summed E-state index contributed by atoms with van der Waals surface area (Å²) in [6.45, 7) is 7.25. The number of halogens is 1. The van der Waals surface area contributed by atoms with Gasteiger partial charge in [-0.2, -0.15) is 0 Å². The van der Waals surface area contributed by atoms with Gasteiger partial charge in [-0.3, -0.25) is 5.32 Å². The maximum absolute atomic E-state index is 11.7. The first-order valence-electron chi connectivity index (χ1n) is 5.63. The maximum Gasteiger partial charge on any atom is 0.412 e. The molecule has 1 amide bonds. The molecule has 0 spiro atoms. The SMILES string of the molecule is Cc1c(NC(=O)OC(C)(C)C)ccc(I)c1CO. The van der Waals surface area contributed by atoms with Crippen LogP contribution in [0.4, 0.5) is 10.5 Å². The van der Waals surface area contributed by atoms with Crippen molar-refractivity contribution in [2.24, 2.45) is 0 Å². The fourth-order valence-electron chi connectivity index (χ4n) is 1.47. The molecule has 100 valence electrons. The lowest BCUT2D eigenvalue weighted by Crippen LogP contribution is -2.27. The van der Waals surface area contributed by atoms with Crippen LogP contribution < -0.4 is 5.32 Å². The molecule has 2 N–H and O–H groups in total. The molecule has 0 fully saturated rings. The Labute approximate surface area is 121 Å². The molecule has 0 atom stereocenters. The van der Waals surface area contributed by atoms with Gasteiger partial charge in [-0.15, -0.1) is 0 Å². The van der Waals surface area contributed by atoms with Crippen LogP contribution in [0.15, 0.2) is 12.1 Å². The Bertz CT molecular complexity index is 452. The number of ether oxygens (including phenoxy) is 1. The molecule has 5 heteroatoms. The second-order valence-electron chi connectivity index (χ2n) is 4.98. The number of hydrogen-bond acceptors (Lipinski definition) is 3. The number of carbonyl (C=O) groups excluding carboxylic acids is 1. The highest BCUT2D eigenvalue weighted by Gasteiger charge is 2.17. The summed E-state index contributed by atoms with van der Waals surface area (Å²) in [4.78, 5) is 11.7. The molecule has 0 radical (unpaired) electrons. The molecular formula is C13H18INO3. The molecule has 18 heavy (non-hydrogen) atoms. The third kappa shape index (κ3) is 4.13. The Morgan fingerprint density at radius 2 is 2.06 bits per heavy atom. The van der Waals surface area contributed by atoms with Gasteiger partial charge in [0, 0.05) is 9.26 Å². The number of rotatable bonds is 2. The molecule has 0 saturated carbocycles. The van der Waals surface area contributed by atoms with Crippen LogP contribution in [-0.4, -0.2) is 16.8 Å². The topological polar surface area (TPSA) is 58.6 Å². The van der Waals surface area contributed by atoms with Crippen LogP contribution in [0.1, 0.15) is 31.9 Å². The molecule has 0 aliphatic rings. The number of benzene rings is 1. The van der Waals surface area contributed by atoms with Crippen molar-refractivity contribution in [2.45, 2.75) is 39.9 Å². The molecule has 1 aromatic rings. The van der Waals surface area contributed by atoms with E-state index in [0.29, 0.717) is 5.69 Å². The summed E-state index contributed by atoms with van der Waals surface area (Å²) >= 11 is 2.15. The summed E-state index contributed by atoms with van der Waals surface area (Å²) < 4.78 is 6.16. The molecule has 0 aliphatic heterocycles. The molecule has 0 heterocycles. The molecule has 0 bridgehead atoms. The van der Waals surface area contributed by atoms with Crippen molar-refractivity contribution in [3.63, 3.8) is 0 Å². The average Bonchev–Trinajstić information content (AvgIpc) is 2.20. The first-order chi connectivity index (χ1) is 8.24. The first-order valence-corrected chi connectivity index (χ1v) is 6.71. The molecule has 0 aliphatic carbocycles. The monoisotopic (exact) mass is 363 g/mol. The Hall–Kier alpha value is -0.820. The van der Waals surface area contributed by atoms with Crippen molar-refractivity contribution in [3.05, 3.63) is 26.8 Å². The summed E-state index contributed by atoms with van der Waals surface area (Å²) in [5, 5.41) is 12.0. The van der Waals surface area contributed by atoms with E-state index in [2.05, 4.69) is 27.9 Å². The summed E-state index contributed by atoms with van der Waals surface area (Å²) in [6, 6.07) is 3.66. The zero-order valence-electron chi connectivity index (χ0n) is 11.0. The molecule has 0 aromatic heterocycles. The van der Waals surface area contributed by atoms with Crippen LogP contribution in [0, 0.1) is 10.5 Å². The van der Waals surface area contributed by atoms with Crippen LogP contribution >= 0.6 is 22.6 Å². The van der Waals surface area contributed by atoms with Crippen molar-refractivity contribution < 1.29 is 14.6 Å². The fourth-order valence-corrected chi connectivity index (χ4v) is 2.22. The molecular weight excluding hydrogens is 345 g/mol. The second-order valence-corrected chi connectivity index (χ2v) is 6.15. The van der Waals surface area contributed by atoms with Gasteiger partial charge >= 0.3 is 6.09 Å². The largest absolute Gasteiger partial charge is 0.444 e. The minimum atomic E-state index is -0.527. The van der Waals surface area contributed by atoms with Crippen LogP contribution in [0.2, 0.25) is 0 Å². The van der Waals surface area contributed by atoms with Crippen LogP contribution in [0.5, 0.6) is 0 Å². The smallest absolute Gasteiger partial charge is 0.412 e. The lowest BCUT2D eigenvalue weighted by Gasteiger charge is -2.20. The third-order valence-corrected chi connectivity index (χ3v) is 3.35. The van der Waals surface area contributed by atoms with Gasteiger partial charge in [-0.1, -0.05) is 0 Å². The van der Waals surface area contributed by atoms with E-state index in [0.717, 1.165) is 14.7 Å². The minimum Gasteiger partial charge on any atom is -0.444 e. The standard InChI is InChI=1S/C13H18INO3/c1-8-9(7-16)10(14)5-6-11(8)15-12(17)18-13(2,3)4/h5-6,16H,7H2,1-4H3,(H,15,17). The van der Waals surface area contributed by atoms with E-state index in [1.165, 1.54) is 0 Å². The van der Waals surface area contributed by atoms with Crippen molar-refractivity contribution in [2.75, 3.05) is 5.32 Å². The van der Waals surface area contributed by atoms with Gasteiger partial charge < -0.3 is 9.84 Å². The van der Waals surface area contributed by atoms with Gasteiger partial charge in [0.2, 0.25) is 0 Å². The number of amides is 1. The van der Waals surface area contributed by atoms with Gasteiger partial charge in [0.05, 0.1) is 6.61 Å². The van der Waals surface area contributed by atoms with Crippen molar-refractivity contribution >= 4 is 34.4 Å². The summed E-state index contributed by atoms with van der Waals surface area (Å²) in [5.74, 6) is 0. The van der Waals surface area contributed by atoms with E-state index in [1.807, 2.05) is 33.8 Å². The Morgan fingerprint density at radius 3 is 2.56 bits per heavy atom. The summed E-state index contributed by atoms with van der Waals surface area (Å²) in [6.07, 6.45) is -0.490. The van der Waals surface area contributed by atoms with E-state index >= 15 is 0 Å². The Kier molecular flexibility index (Phi) is 4.98. The Morgan fingerprint density at radius 1 is 1.44 bits per heavy atom. The van der Waals surface area contributed by atoms with Gasteiger partial charge in [0.1, 0.15) is 5.60 Å². The predicted molar refractivity (Wildman–Crippen MR) is 79.7 cm³/mol. The summed E-state index contributed by atoms with van der Waals surface area (Å²) in [7, 11) is 0. The molecule has 1 rings (SSSR count). The van der Waals surface area contributed by atoms with E-state index in [-0.39, 0.29) is 6.61 Å². The molecule has 4 nitrogen and oxygen atoms in total. The first kappa shape index (κ1) is 15.2. The zero-order valence-corrected chi connectivity index (χ0v) is 13.2. The normalized spacial score (nSPS) is 11.2. The number of carbonyl (C=O) groups is 1. The van der Waals surface area contributed by atoms with Gasteiger partial charge in [-0.25, -0.2) is 4.79 Å². The number of aliphatic hydroxyl groups excluding tert-OH is 1. The van der Waals surface area contributed by atoms with Crippen molar-refractivity contribution in [3.8, 4) is 0 Å². The lowest BCUT2D eigenvalue weighted by atomic mass is 10.1.